The first-order valence-corrected chi connectivity index (χ1v) is 8.14. The molecule has 0 aliphatic carbocycles. The molecule has 0 saturated carbocycles. The molecule has 0 aliphatic heterocycles. The quantitative estimate of drug-likeness (QED) is 0.772. The Morgan fingerprint density at radius 1 is 0.923 bits per heavy atom. The fraction of sp³-hybridized carbons (Fsp3) is 0. The number of thiophene rings is 1. The van der Waals surface area contributed by atoms with Crippen LogP contribution in [0.5, 0.6) is 0 Å². The zero-order chi connectivity index (χ0) is 10.3. The van der Waals surface area contributed by atoms with Crippen LogP contribution >= 0.6 is 32.7 Å². The van der Waals surface area contributed by atoms with Crippen molar-refractivity contribution in [1.82, 2.24) is 0 Å². The number of halogens is 2. The number of rotatable bonds is 2. The maximum atomic E-state index is 10.7. The van der Waals surface area contributed by atoms with Gasteiger partial charge in [-0.05, 0) is 12.1 Å². The van der Waals surface area contributed by atoms with Gasteiger partial charge >= 0.3 is 0 Å². The van der Waals surface area contributed by atoms with E-state index in [1.807, 2.05) is 0 Å². The Morgan fingerprint density at radius 3 is 1.38 bits per heavy atom. The van der Waals surface area contributed by atoms with Crippen LogP contribution in [0.15, 0.2) is 20.6 Å². The number of hydrogen-bond acceptors (Lipinski definition) is 5. The summed E-state index contributed by atoms with van der Waals surface area (Å²) in [4.78, 5) is 0. The molecule has 0 spiro atoms. The topological polar surface area (TPSA) is 68.3 Å². The van der Waals surface area contributed by atoms with E-state index >= 15 is 0 Å². The molecule has 9 heteroatoms. The molecule has 4 nitrogen and oxygen atoms in total. The smallest absolute Gasteiger partial charge is 0.206 e. The first kappa shape index (κ1) is 11.3. The molecular formula is C4H2Cl2O4S3. The summed E-state index contributed by atoms with van der Waals surface area (Å²) in [5.74, 6) is 0. The summed E-state index contributed by atoms with van der Waals surface area (Å²) in [7, 11) is 2.18. The van der Waals surface area contributed by atoms with Crippen LogP contribution in [0.3, 0.4) is 0 Å². The van der Waals surface area contributed by atoms with Crippen molar-refractivity contribution < 1.29 is 16.8 Å². The fourth-order valence-corrected chi connectivity index (χ4v) is 3.87. The van der Waals surface area contributed by atoms with E-state index in [4.69, 9.17) is 21.4 Å². The van der Waals surface area contributed by atoms with Gasteiger partial charge in [-0.3, -0.25) is 0 Å². The Labute approximate surface area is 87.9 Å². The van der Waals surface area contributed by atoms with E-state index in [-0.39, 0.29) is 8.42 Å². The van der Waals surface area contributed by atoms with Gasteiger partial charge in [0, 0.05) is 21.4 Å². The first-order chi connectivity index (χ1) is 5.71. The zero-order valence-electron chi connectivity index (χ0n) is 5.77. The van der Waals surface area contributed by atoms with Gasteiger partial charge in [0.05, 0.1) is 0 Å². The summed E-state index contributed by atoms with van der Waals surface area (Å²) in [6.07, 6.45) is 0. The molecule has 0 fully saturated rings. The maximum absolute atomic E-state index is 10.7. The van der Waals surface area contributed by atoms with Crippen molar-refractivity contribution in [2.75, 3.05) is 0 Å². The highest BCUT2D eigenvalue weighted by molar-refractivity contribution is 8.16. The van der Waals surface area contributed by atoms with E-state index in [2.05, 4.69) is 0 Å². The number of hydrogen-bond donors (Lipinski definition) is 0. The summed E-state index contributed by atoms with van der Waals surface area (Å²) in [5, 5.41) is 0. The second-order valence-electron chi connectivity index (χ2n) is 1.95. The van der Waals surface area contributed by atoms with Crippen molar-refractivity contribution in [3.63, 3.8) is 0 Å². The molecule has 0 amide bonds. The van der Waals surface area contributed by atoms with Gasteiger partial charge in [0.1, 0.15) is 8.42 Å². The van der Waals surface area contributed by atoms with Crippen LogP contribution in [0.4, 0.5) is 0 Å². The molecule has 1 aromatic rings. The Morgan fingerprint density at radius 2 is 1.23 bits per heavy atom. The summed E-state index contributed by atoms with van der Waals surface area (Å²) in [6.45, 7) is 0. The first-order valence-electron chi connectivity index (χ1n) is 2.70. The normalized spacial score (nSPS) is 13.1. The predicted molar refractivity (Wildman–Crippen MR) is 50.4 cm³/mol. The molecule has 0 bridgehead atoms. The fourth-order valence-electron chi connectivity index (χ4n) is 0.565. The summed E-state index contributed by atoms with van der Waals surface area (Å²) in [5.41, 5.74) is 0. The van der Waals surface area contributed by atoms with Crippen molar-refractivity contribution >= 4 is 50.8 Å². The second kappa shape index (κ2) is 3.39. The van der Waals surface area contributed by atoms with Crippen molar-refractivity contribution in [3.8, 4) is 0 Å². The Balaban J connectivity index is 3.32. The summed E-state index contributed by atoms with van der Waals surface area (Å²) >= 11 is 0.507. The average Bonchev–Trinajstić information content (AvgIpc) is 2.28. The lowest BCUT2D eigenvalue weighted by atomic mass is 10.7. The molecular weight excluding hydrogens is 279 g/mol. The minimum atomic E-state index is -3.87. The molecule has 1 rings (SSSR count). The van der Waals surface area contributed by atoms with Crippen LogP contribution in [0.25, 0.3) is 0 Å². The lowest BCUT2D eigenvalue weighted by molar-refractivity contribution is 0.610. The Bertz CT molecular complexity index is 465. The highest BCUT2D eigenvalue weighted by Crippen LogP contribution is 2.29. The van der Waals surface area contributed by atoms with E-state index < -0.39 is 18.1 Å². The molecule has 0 aliphatic rings. The van der Waals surface area contributed by atoms with E-state index in [9.17, 15) is 16.8 Å². The summed E-state index contributed by atoms with van der Waals surface area (Å²) < 4.78 is 42.4. The second-order valence-corrected chi connectivity index (χ2v) is 8.62. The van der Waals surface area contributed by atoms with Crippen molar-refractivity contribution in [2.45, 2.75) is 8.42 Å². The highest BCUT2D eigenvalue weighted by Gasteiger charge is 2.18. The van der Waals surface area contributed by atoms with Crippen LogP contribution in [0.2, 0.25) is 0 Å². The molecule has 74 valence electrons. The lowest BCUT2D eigenvalue weighted by Gasteiger charge is -1.87. The van der Waals surface area contributed by atoms with Crippen LogP contribution in [-0.2, 0) is 18.1 Å². The van der Waals surface area contributed by atoms with Crippen LogP contribution in [0.1, 0.15) is 0 Å². The van der Waals surface area contributed by atoms with Crippen LogP contribution in [-0.4, -0.2) is 16.8 Å². The van der Waals surface area contributed by atoms with Crippen molar-refractivity contribution in [2.24, 2.45) is 0 Å². The summed E-state index contributed by atoms with van der Waals surface area (Å²) in [6, 6.07) is 2.17. The van der Waals surface area contributed by atoms with E-state index in [1.165, 1.54) is 0 Å². The molecule has 0 atom stereocenters. The molecule has 0 N–H and O–H groups in total. The van der Waals surface area contributed by atoms with Gasteiger partial charge in [0.25, 0.3) is 18.1 Å². The van der Waals surface area contributed by atoms with Gasteiger partial charge in [-0.1, -0.05) is 0 Å². The molecule has 1 aromatic heterocycles. The average molecular weight is 281 g/mol. The van der Waals surface area contributed by atoms with Gasteiger partial charge in [-0.25, -0.2) is 16.8 Å². The minimum Gasteiger partial charge on any atom is -0.206 e. The van der Waals surface area contributed by atoms with Crippen LogP contribution < -0.4 is 0 Å². The van der Waals surface area contributed by atoms with E-state index in [0.29, 0.717) is 11.3 Å². The third kappa shape index (κ3) is 2.81. The molecule has 0 unspecified atom stereocenters. The molecule has 0 radical (unpaired) electrons. The van der Waals surface area contributed by atoms with Crippen LogP contribution in [0, 0.1) is 0 Å². The van der Waals surface area contributed by atoms with Gasteiger partial charge < -0.3 is 0 Å². The zero-order valence-corrected chi connectivity index (χ0v) is 9.73. The maximum Gasteiger partial charge on any atom is 0.270 e. The van der Waals surface area contributed by atoms with E-state index in [0.717, 1.165) is 12.1 Å². The van der Waals surface area contributed by atoms with Crippen molar-refractivity contribution in [3.05, 3.63) is 12.1 Å². The molecule has 1 heterocycles. The largest absolute Gasteiger partial charge is 0.270 e. The van der Waals surface area contributed by atoms with Gasteiger partial charge in [0.2, 0.25) is 0 Å². The van der Waals surface area contributed by atoms with Crippen molar-refractivity contribution in [1.29, 1.82) is 0 Å². The monoisotopic (exact) mass is 280 g/mol. The lowest BCUT2D eigenvalue weighted by Crippen LogP contribution is -1.85. The SMILES string of the molecule is O=S(=O)(Cl)c1ccc(S(=O)(=O)Cl)s1. The third-order valence-electron chi connectivity index (χ3n) is 1.04. The minimum absolute atomic E-state index is 0.242. The Kier molecular flexibility index (Phi) is 2.94. The molecule has 13 heavy (non-hydrogen) atoms. The van der Waals surface area contributed by atoms with Gasteiger partial charge in [-0.15, -0.1) is 11.3 Å². The standard InChI is InChI=1S/C4H2Cl2O4S3/c5-12(7,8)3-1-2-4(11-3)13(6,9)10/h1-2H. The molecule has 0 saturated heterocycles. The predicted octanol–water partition coefficient (Wildman–Crippen LogP) is 1.60. The molecule has 0 aromatic carbocycles. The van der Waals surface area contributed by atoms with Gasteiger partial charge in [-0.2, -0.15) is 0 Å². The van der Waals surface area contributed by atoms with E-state index in [1.54, 1.807) is 0 Å². The Hall–Kier alpha value is 0.180. The third-order valence-corrected chi connectivity index (χ3v) is 6.31. The van der Waals surface area contributed by atoms with Gasteiger partial charge in [0.15, 0.2) is 0 Å². The highest BCUT2D eigenvalue weighted by atomic mass is 35.7.